The van der Waals surface area contributed by atoms with Crippen LogP contribution in [0.5, 0.6) is 11.5 Å². The molecule has 0 fully saturated rings. The smallest absolute Gasteiger partial charge is 0.387 e. The molecular weight excluding hydrogens is 354 g/mol. The minimum Gasteiger partial charge on any atom is -0.496 e. The molecule has 0 heterocycles. The Hall–Kier alpha value is -2.67. The van der Waals surface area contributed by atoms with Crippen molar-refractivity contribution in [3.8, 4) is 11.5 Å². The van der Waals surface area contributed by atoms with Crippen LogP contribution in [0.15, 0.2) is 48.5 Å². The van der Waals surface area contributed by atoms with Crippen LogP contribution in [0, 0.1) is 0 Å². The van der Waals surface area contributed by atoms with Gasteiger partial charge < -0.3 is 14.8 Å². The van der Waals surface area contributed by atoms with Gasteiger partial charge in [0.15, 0.2) is 0 Å². The van der Waals surface area contributed by atoms with Crippen molar-refractivity contribution in [2.24, 2.45) is 0 Å². The molecular formula is C20H24F2N2O3. The molecule has 0 saturated heterocycles. The number of ether oxygens (including phenoxy) is 2. The lowest BCUT2D eigenvalue weighted by Gasteiger charge is -2.17. The average Bonchev–Trinajstić information content (AvgIpc) is 2.63. The van der Waals surface area contributed by atoms with Gasteiger partial charge >= 0.3 is 6.61 Å². The number of amides is 1. The van der Waals surface area contributed by atoms with Crippen LogP contribution in [0.2, 0.25) is 0 Å². The number of benzene rings is 2. The summed E-state index contributed by atoms with van der Waals surface area (Å²) in [7, 11) is 3.45. The third-order valence-corrected chi connectivity index (χ3v) is 3.92. The monoisotopic (exact) mass is 378 g/mol. The van der Waals surface area contributed by atoms with E-state index >= 15 is 0 Å². The summed E-state index contributed by atoms with van der Waals surface area (Å²) >= 11 is 0. The van der Waals surface area contributed by atoms with Crippen molar-refractivity contribution in [3.63, 3.8) is 0 Å². The zero-order valence-electron chi connectivity index (χ0n) is 15.5. The number of para-hydroxylation sites is 1. The molecule has 146 valence electrons. The third-order valence-electron chi connectivity index (χ3n) is 3.92. The van der Waals surface area contributed by atoms with Crippen LogP contribution in [0.1, 0.15) is 11.1 Å². The van der Waals surface area contributed by atoms with Crippen LogP contribution >= 0.6 is 0 Å². The standard InChI is InChI=1S/C20H24F2N2O3/c1-24(13-15-7-9-17(10-8-15)27-20(21)22)14-19(25)23-12-11-16-5-3-4-6-18(16)26-2/h3-10,20H,11-14H2,1-2H3,(H,23,25). The molecule has 5 nitrogen and oxygen atoms in total. The van der Waals surface area contributed by atoms with Crippen LogP contribution in [0.4, 0.5) is 8.78 Å². The Bertz CT molecular complexity index is 723. The van der Waals surface area contributed by atoms with E-state index in [9.17, 15) is 13.6 Å². The molecule has 0 radical (unpaired) electrons. The van der Waals surface area contributed by atoms with Crippen molar-refractivity contribution in [2.45, 2.75) is 19.6 Å². The van der Waals surface area contributed by atoms with Crippen molar-refractivity contribution in [1.29, 1.82) is 0 Å². The third kappa shape index (κ3) is 7.22. The Labute approximate surface area is 157 Å². The van der Waals surface area contributed by atoms with Crippen molar-refractivity contribution >= 4 is 5.91 Å². The SMILES string of the molecule is COc1ccccc1CCNC(=O)CN(C)Cc1ccc(OC(F)F)cc1. The van der Waals surface area contributed by atoms with E-state index in [1.807, 2.05) is 36.2 Å². The normalized spacial score (nSPS) is 10.9. The second-order valence-corrected chi connectivity index (χ2v) is 6.11. The molecule has 1 N–H and O–H groups in total. The molecule has 0 saturated carbocycles. The molecule has 0 bridgehead atoms. The topological polar surface area (TPSA) is 50.8 Å². The average molecular weight is 378 g/mol. The van der Waals surface area contributed by atoms with Gasteiger partial charge in [0, 0.05) is 13.1 Å². The van der Waals surface area contributed by atoms with Crippen LogP contribution < -0.4 is 14.8 Å². The van der Waals surface area contributed by atoms with E-state index in [0.717, 1.165) is 16.9 Å². The highest BCUT2D eigenvalue weighted by Gasteiger charge is 2.09. The number of hydrogen-bond donors (Lipinski definition) is 1. The quantitative estimate of drug-likeness (QED) is 0.690. The predicted octanol–water partition coefficient (Wildman–Crippen LogP) is 3.09. The van der Waals surface area contributed by atoms with Crippen LogP contribution in [0.3, 0.4) is 0 Å². The first-order valence-corrected chi connectivity index (χ1v) is 8.59. The predicted molar refractivity (Wildman–Crippen MR) is 99.1 cm³/mol. The van der Waals surface area contributed by atoms with Gasteiger partial charge in [-0.25, -0.2) is 0 Å². The summed E-state index contributed by atoms with van der Waals surface area (Å²) < 4.78 is 33.9. The lowest BCUT2D eigenvalue weighted by atomic mass is 10.1. The van der Waals surface area contributed by atoms with E-state index in [4.69, 9.17) is 4.74 Å². The molecule has 2 rings (SSSR count). The number of nitrogens with zero attached hydrogens (tertiary/aromatic N) is 1. The number of hydrogen-bond acceptors (Lipinski definition) is 4. The molecule has 7 heteroatoms. The molecule has 1 amide bonds. The van der Waals surface area contributed by atoms with Crippen molar-refractivity contribution in [1.82, 2.24) is 10.2 Å². The van der Waals surface area contributed by atoms with Gasteiger partial charge in [-0.15, -0.1) is 0 Å². The minimum atomic E-state index is -2.84. The van der Waals surface area contributed by atoms with Crippen molar-refractivity contribution in [3.05, 3.63) is 59.7 Å². The summed E-state index contributed by atoms with van der Waals surface area (Å²) in [5.41, 5.74) is 1.95. The number of likely N-dealkylation sites (N-methyl/N-ethyl adjacent to an activating group) is 1. The van der Waals surface area contributed by atoms with Crippen LogP contribution in [-0.4, -0.2) is 44.7 Å². The second kappa shape index (κ2) is 10.5. The van der Waals surface area contributed by atoms with Gasteiger partial charge in [-0.05, 0) is 42.8 Å². The molecule has 0 spiro atoms. The zero-order valence-corrected chi connectivity index (χ0v) is 15.5. The maximum Gasteiger partial charge on any atom is 0.387 e. The van der Waals surface area contributed by atoms with Crippen LogP contribution in [0.25, 0.3) is 0 Å². The van der Waals surface area contributed by atoms with Gasteiger partial charge in [0.2, 0.25) is 5.91 Å². The molecule has 2 aromatic rings. The minimum absolute atomic E-state index is 0.0787. The van der Waals surface area contributed by atoms with Gasteiger partial charge in [0.25, 0.3) is 0 Å². The van der Waals surface area contributed by atoms with Gasteiger partial charge in [0.1, 0.15) is 11.5 Å². The zero-order chi connectivity index (χ0) is 19.6. The fraction of sp³-hybridized carbons (Fsp3) is 0.350. The fourth-order valence-electron chi connectivity index (χ4n) is 2.69. The number of nitrogens with one attached hydrogen (secondary N) is 1. The fourth-order valence-corrected chi connectivity index (χ4v) is 2.69. The number of rotatable bonds is 10. The van der Waals surface area contributed by atoms with E-state index in [1.165, 1.54) is 12.1 Å². The van der Waals surface area contributed by atoms with Crippen LogP contribution in [-0.2, 0) is 17.8 Å². The summed E-state index contributed by atoms with van der Waals surface area (Å²) in [5.74, 6) is 0.846. The number of carbonyl (C=O) groups excluding carboxylic acids is 1. The Kier molecular flexibility index (Phi) is 8.00. The van der Waals surface area contributed by atoms with E-state index in [1.54, 1.807) is 19.2 Å². The molecule has 0 aliphatic carbocycles. The van der Waals surface area contributed by atoms with Gasteiger partial charge in [-0.2, -0.15) is 8.78 Å². The highest BCUT2D eigenvalue weighted by Crippen LogP contribution is 2.17. The summed E-state index contributed by atoms with van der Waals surface area (Å²) in [4.78, 5) is 13.9. The Morgan fingerprint density at radius 1 is 1.15 bits per heavy atom. The summed E-state index contributed by atoms with van der Waals surface area (Å²) in [5, 5.41) is 2.89. The molecule has 0 atom stereocenters. The highest BCUT2D eigenvalue weighted by atomic mass is 19.3. The van der Waals surface area contributed by atoms with Gasteiger partial charge in [0.05, 0.1) is 13.7 Å². The molecule has 0 aromatic heterocycles. The molecule has 27 heavy (non-hydrogen) atoms. The molecule has 2 aromatic carbocycles. The van der Waals surface area contributed by atoms with E-state index in [0.29, 0.717) is 19.5 Å². The molecule has 0 unspecified atom stereocenters. The Morgan fingerprint density at radius 2 is 1.85 bits per heavy atom. The number of carbonyl (C=O) groups is 1. The number of methoxy groups -OCH3 is 1. The Balaban J connectivity index is 1.73. The van der Waals surface area contributed by atoms with Gasteiger partial charge in [-0.3, -0.25) is 9.69 Å². The first kappa shape index (κ1) is 20.6. The number of halogens is 2. The summed E-state index contributed by atoms with van der Waals surface area (Å²) in [6.07, 6.45) is 0.686. The van der Waals surface area contributed by atoms with E-state index in [2.05, 4.69) is 10.1 Å². The molecule has 0 aliphatic rings. The van der Waals surface area contributed by atoms with E-state index < -0.39 is 6.61 Å². The maximum atomic E-state index is 12.1. The van der Waals surface area contributed by atoms with Gasteiger partial charge in [-0.1, -0.05) is 30.3 Å². The number of alkyl halides is 2. The highest BCUT2D eigenvalue weighted by molar-refractivity contribution is 5.78. The van der Waals surface area contributed by atoms with Crippen molar-refractivity contribution < 1.29 is 23.0 Å². The molecule has 0 aliphatic heterocycles. The first-order chi connectivity index (χ1) is 13.0. The maximum absolute atomic E-state index is 12.1. The largest absolute Gasteiger partial charge is 0.496 e. The summed E-state index contributed by atoms with van der Waals surface area (Å²) in [6, 6.07) is 14.1. The van der Waals surface area contributed by atoms with Crippen molar-refractivity contribution in [2.75, 3.05) is 27.2 Å². The lowest BCUT2D eigenvalue weighted by molar-refractivity contribution is -0.122. The Morgan fingerprint density at radius 3 is 2.52 bits per heavy atom. The lowest BCUT2D eigenvalue weighted by Crippen LogP contribution is -2.35. The summed E-state index contributed by atoms with van der Waals surface area (Å²) in [6.45, 7) is -1.55. The van der Waals surface area contributed by atoms with E-state index in [-0.39, 0.29) is 18.2 Å². The first-order valence-electron chi connectivity index (χ1n) is 8.59. The second-order valence-electron chi connectivity index (χ2n) is 6.11.